The number of hydrogen-bond acceptors (Lipinski definition) is 3. The van der Waals surface area contributed by atoms with Gasteiger partial charge in [0, 0.05) is 12.6 Å². The molecule has 0 heterocycles. The smallest absolute Gasteiger partial charge is 0.237 e. The van der Waals surface area contributed by atoms with Gasteiger partial charge in [0.2, 0.25) is 5.91 Å². The number of nitrogens with two attached hydrogens (primary N) is 1. The van der Waals surface area contributed by atoms with Gasteiger partial charge in [-0.25, -0.2) is 0 Å². The van der Waals surface area contributed by atoms with Crippen LogP contribution in [0.25, 0.3) is 0 Å². The van der Waals surface area contributed by atoms with Crippen molar-refractivity contribution in [3.05, 3.63) is 0 Å². The van der Waals surface area contributed by atoms with Gasteiger partial charge in [0.05, 0.1) is 6.04 Å². The highest BCUT2D eigenvalue weighted by atomic mass is 16.3. The summed E-state index contributed by atoms with van der Waals surface area (Å²) in [4.78, 5) is 11.5. The second kappa shape index (κ2) is 5.98. The fourth-order valence-corrected chi connectivity index (χ4v) is 0.924. The molecule has 4 N–H and O–H groups in total. The molecule has 0 aromatic heterocycles. The summed E-state index contributed by atoms with van der Waals surface area (Å²) in [6, 6.07) is -0.513. The molecule has 0 bridgehead atoms. The zero-order chi connectivity index (χ0) is 11.3. The summed E-state index contributed by atoms with van der Waals surface area (Å²) < 4.78 is 0. The SMILES string of the molecule is CC(CO)C(C)NC(=O)[C@@H](N)C(C)C. The van der Waals surface area contributed by atoms with Crippen molar-refractivity contribution in [3.8, 4) is 0 Å². The summed E-state index contributed by atoms with van der Waals surface area (Å²) in [6.07, 6.45) is 0. The van der Waals surface area contributed by atoms with E-state index in [0.29, 0.717) is 0 Å². The molecule has 2 unspecified atom stereocenters. The van der Waals surface area contributed by atoms with E-state index in [0.717, 1.165) is 0 Å². The van der Waals surface area contributed by atoms with Gasteiger partial charge in [-0.05, 0) is 18.8 Å². The summed E-state index contributed by atoms with van der Waals surface area (Å²) >= 11 is 0. The summed E-state index contributed by atoms with van der Waals surface area (Å²) in [5.74, 6) is 0.0396. The molecular formula is C10H22N2O2. The maximum atomic E-state index is 11.5. The summed E-state index contributed by atoms with van der Waals surface area (Å²) in [5, 5.41) is 11.7. The molecule has 84 valence electrons. The van der Waals surface area contributed by atoms with Gasteiger partial charge in [0.1, 0.15) is 0 Å². The van der Waals surface area contributed by atoms with Crippen molar-refractivity contribution in [2.45, 2.75) is 39.8 Å². The van der Waals surface area contributed by atoms with E-state index in [-0.39, 0.29) is 30.4 Å². The Balaban J connectivity index is 4.05. The first-order valence-corrected chi connectivity index (χ1v) is 5.07. The first-order valence-electron chi connectivity index (χ1n) is 5.07. The zero-order valence-electron chi connectivity index (χ0n) is 9.45. The third-order valence-electron chi connectivity index (χ3n) is 2.53. The number of nitrogens with one attached hydrogen (secondary N) is 1. The molecule has 0 aromatic rings. The van der Waals surface area contributed by atoms with E-state index in [2.05, 4.69) is 5.32 Å². The Morgan fingerprint density at radius 2 is 1.86 bits per heavy atom. The predicted octanol–water partition coefficient (Wildman–Crippen LogP) is 0.103. The number of carbonyl (C=O) groups is 1. The molecule has 0 aliphatic heterocycles. The highest BCUT2D eigenvalue weighted by Gasteiger charge is 2.20. The van der Waals surface area contributed by atoms with Gasteiger partial charge in [-0.2, -0.15) is 0 Å². The van der Waals surface area contributed by atoms with Crippen molar-refractivity contribution in [3.63, 3.8) is 0 Å². The van der Waals surface area contributed by atoms with E-state index >= 15 is 0 Å². The second-order valence-electron chi connectivity index (χ2n) is 4.23. The minimum atomic E-state index is -0.469. The Morgan fingerprint density at radius 1 is 1.36 bits per heavy atom. The molecule has 14 heavy (non-hydrogen) atoms. The van der Waals surface area contributed by atoms with E-state index in [4.69, 9.17) is 10.8 Å². The zero-order valence-corrected chi connectivity index (χ0v) is 9.45. The first-order chi connectivity index (χ1) is 6.40. The van der Waals surface area contributed by atoms with Crippen molar-refractivity contribution in [2.75, 3.05) is 6.61 Å². The molecule has 1 amide bonds. The molecule has 0 spiro atoms. The Bertz CT molecular complexity index is 183. The molecule has 4 heteroatoms. The highest BCUT2D eigenvalue weighted by Crippen LogP contribution is 2.03. The van der Waals surface area contributed by atoms with Crippen LogP contribution >= 0.6 is 0 Å². The van der Waals surface area contributed by atoms with Gasteiger partial charge in [-0.15, -0.1) is 0 Å². The fourth-order valence-electron chi connectivity index (χ4n) is 0.924. The van der Waals surface area contributed by atoms with E-state index in [9.17, 15) is 4.79 Å². The van der Waals surface area contributed by atoms with Crippen LogP contribution in [-0.4, -0.2) is 29.7 Å². The number of hydrogen-bond donors (Lipinski definition) is 3. The van der Waals surface area contributed by atoms with Crippen LogP contribution in [0.15, 0.2) is 0 Å². The van der Waals surface area contributed by atoms with Crippen LogP contribution in [0.3, 0.4) is 0 Å². The summed E-state index contributed by atoms with van der Waals surface area (Å²) in [7, 11) is 0. The van der Waals surface area contributed by atoms with Gasteiger partial charge in [-0.3, -0.25) is 4.79 Å². The van der Waals surface area contributed by atoms with Crippen molar-refractivity contribution in [2.24, 2.45) is 17.6 Å². The van der Waals surface area contributed by atoms with Gasteiger partial charge in [0.15, 0.2) is 0 Å². The standard InChI is InChI=1S/C10H22N2O2/c1-6(2)9(11)10(14)12-8(4)7(3)5-13/h6-9,13H,5,11H2,1-4H3,(H,12,14)/t7?,8?,9-/m0/s1. The Kier molecular flexibility index (Phi) is 5.72. The van der Waals surface area contributed by atoms with E-state index in [1.54, 1.807) is 0 Å². The summed E-state index contributed by atoms with van der Waals surface area (Å²) in [5.41, 5.74) is 5.68. The molecule has 0 aromatic carbocycles. The van der Waals surface area contributed by atoms with Crippen molar-refractivity contribution in [1.82, 2.24) is 5.32 Å². The van der Waals surface area contributed by atoms with Crippen LogP contribution in [-0.2, 0) is 4.79 Å². The maximum absolute atomic E-state index is 11.5. The lowest BCUT2D eigenvalue weighted by Crippen LogP contribution is -2.49. The van der Waals surface area contributed by atoms with Crippen molar-refractivity contribution < 1.29 is 9.90 Å². The van der Waals surface area contributed by atoms with Crippen molar-refractivity contribution >= 4 is 5.91 Å². The van der Waals surface area contributed by atoms with Crippen LogP contribution in [0, 0.1) is 11.8 Å². The molecule has 0 radical (unpaired) electrons. The minimum absolute atomic E-state index is 0.0442. The predicted molar refractivity (Wildman–Crippen MR) is 56.7 cm³/mol. The van der Waals surface area contributed by atoms with Crippen LogP contribution < -0.4 is 11.1 Å². The molecule has 4 nitrogen and oxygen atoms in total. The molecule has 0 rings (SSSR count). The summed E-state index contributed by atoms with van der Waals surface area (Å²) in [6.45, 7) is 7.63. The molecule has 0 saturated carbocycles. The van der Waals surface area contributed by atoms with Gasteiger partial charge in [-0.1, -0.05) is 20.8 Å². The number of rotatable bonds is 5. The largest absolute Gasteiger partial charge is 0.396 e. The second-order valence-corrected chi connectivity index (χ2v) is 4.23. The van der Waals surface area contributed by atoms with E-state index < -0.39 is 6.04 Å². The number of aliphatic hydroxyl groups is 1. The third kappa shape index (κ3) is 4.07. The Morgan fingerprint density at radius 3 is 2.21 bits per heavy atom. The maximum Gasteiger partial charge on any atom is 0.237 e. The van der Waals surface area contributed by atoms with Crippen molar-refractivity contribution in [1.29, 1.82) is 0 Å². The Labute approximate surface area is 85.9 Å². The highest BCUT2D eigenvalue weighted by molar-refractivity contribution is 5.81. The molecule has 0 fully saturated rings. The minimum Gasteiger partial charge on any atom is -0.396 e. The average molecular weight is 202 g/mol. The average Bonchev–Trinajstić information content (AvgIpc) is 2.14. The molecule has 0 saturated heterocycles. The van der Waals surface area contributed by atoms with Gasteiger partial charge < -0.3 is 16.2 Å². The quantitative estimate of drug-likeness (QED) is 0.592. The van der Waals surface area contributed by atoms with Gasteiger partial charge >= 0.3 is 0 Å². The first kappa shape index (κ1) is 13.4. The number of aliphatic hydroxyl groups excluding tert-OH is 1. The lowest BCUT2D eigenvalue weighted by atomic mass is 10.0. The monoisotopic (exact) mass is 202 g/mol. The topological polar surface area (TPSA) is 75.3 Å². The lowest BCUT2D eigenvalue weighted by Gasteiger charge is -2.22. The molecule has 0 aliphatic carbocycles. The van der Waals surface area contributed by atoms with E-state index in [1.807, 2.05) is 27.7 Å². The lowest BCUT2D eigenvalue weighted by molar-refractivity contribution is -0.124. The third-order valence-corrected chi connectivity index (χ3v) is 2.53. The normalized spacial score (nSPS) is 17.6. The van der Waals surface area contributed by atoms with Crippen LogP contribution in [0.1, 0.15) is 27.7 Å². The molecule has 0 aliphatic rings. The van der Waals surface area contributed by atoms with E-state index in [1.165, 1.54) is 0 Å². The van der Waals surface area contributed by atoms with Crippen LogP contribution in [0.5, 0.6) is 0 Å². The Hall–Kier alpha value is -0.610. The molecule has 3 atom stereocenters. The van der Waals surface area contributed by atoms with Crippen LogP contribution in [0.2, 0.25) is 0 Å². The van der Waals surface area contributed by atoms with Crippen LogP contribution in [0.4, 0.5) is 0 Å². The molecular weight excluding hydrogens is 180 g/mol. The fraction of sp³-hybridized carbons (Fsp3) is 0.900. The van der Waals surface area contributed by atoms with Gasteiger partial charge in [0.25, 0.3) is 0 Å². The number of carbonyl (C=O) groups excluding carboxylic acids is 1. The number of amides is 1.